The Morgan fingerprint density at radius 1 is 1.50 bits per heavy atom. The first-order valence-electron chi connectivity index (χ1n) is 4.29. The number of amides is 1. The molecule has 1 atom stereocenters. The molecule has 4 heteroatoms. The zero-order valence-corrected chi connectivity index (χ0v) is 7.93. The maximum atomic E-state index is 10.5. The summed E-state index contributed by atoms with van der Waals surface area (Å²) in [7, 11) is 0. The molecule has 4 nitrogen and oxygen atoms in total. The molecule has 0 aliphatic heterocycles. The van der Waals surface area contributed by atoms with E-state index >= 15 is 0 Å². The van der Waals surface area contributed by atoms with E-state index in [2.05, 4.69) is 0 Å². The third kappa shape index (κ3) is 2.74. The molecule has 0 aliphatic carbocycles. The van der Waals surface area contributed by atoms with Crippen molar-refractivity contribution >= 4 is 6.09 Å². The van der Waals surface area contributed by atoms with Gasteiger partial charge in [0.1, 0.15) is 6.10 Å². The monoisotopic (exact) mass is 195 g/mol. The molecule has 0 fully saturated rings. The van der Waals surface area contributed by atoms with Crippen LogP contribution in [0.3, 0.4) is 0 Å². The van der Waals surface area contributed by atoms with E-state index in [1.807, 2.05) is 0 Å². The Labute approximate surface area is 82.3 Å². The molecule has 0 saturated heterocycles. The van der Waals surface area contributed by atoms with Gasteiger partial charge >= 0.3 is 6.09 Å². The Morgan fingerprint density at radius 3 is 2.50 bits per heavy atom. The number of ether oxygens (including phenoxy) is 1. The van der Waals surface area contributed by atoms with Crippen LogP contribution in [0.5, 0.6) is 0 Å². The maximum absolute atomic E-state index is 10.5. The van der Waals surface area contributed by atoms with Crippen molar-refractivity contribution in [2.75, 3.05) is 0 Å². The summed E-state index contributed by atoms with van der Waals surface area (Å²) in [5, 5.41) is 8.81. The fourth-order valence-corrected chi connectivity index (χ4v) is 1.14. The number of aliphatic hydroxyl groups excluding tert-OH is 1. The number of carbonyl (C=O) groups is 1. The first-order valence-corrected chi connectivity index (χ1v) is 4.29. The average molecular weight is 195 g/mol. The van der Waals surface area contributed by atoms with E-state index in [-0.39, 0.29) is 12.7 Å². The molecule has 0 aromatic heterocycles. The number of carbonyl (C=O) groups excluding carboxylic acids is 1. The highest BCUT2D eigenvalue weighted by molar-refractivity contribution is 5.65. The molecule has 1 amide bonds. The van der Waals surface area contributed by atoms with Gasteiger partial charge in [-0.3, -0.25) is 0 Å². The summed E-state index contributed by atoms with van der Waals surface area (Å²) in [6, 6.07) is 7.13. The molecular weight excluding hydrogens is 182 g/mol. The predicted octanol–water partition coefficient (Wildman–Crippen LogP) is 1.34. The smallest absolute Gasteiger partial charge is 0.405 e. The van der Waals surface area contributed by atoms with Gasteiger partial charge in [0, 0.05) is 0 Å². The lowest BCUT2D eigenvalue weighted by atomic mass is 10.1. The van der Waals surface area contributed by atoms with Crippen LogP contribution >= 0.6 is 0 Å². The second-order valence-electron chi connectivity index (χ2n) is 2.98. The highest BCUT2D eigenvalue weighted by Crippen LogP contribution is 2.16. The molecule has 1 rings (SSSR count). The number of primary amides is 1. The summed E-state index contributed by atoms with van der Waals surface area (Å²) in [6.07, 6.45) is -1.15. The highest BCUT2D eigenvalue weighted by Gasteiger charge is 2.08. The van der Waals surface area contributed by atoms with Gasteiger partial charge in [-0.05, 0) is 18.1 Å². The molecule has 76 valence electrons. The standard InChI is InChI=1S/C10H13NO3/c1-7(14-10(11)13)9-4-2-8(6-12)3-5-9/h2-5,7,12H,6H2,1H3,(H2,11,13). The van der Waals surface area contributed by atoms with Crippen LogP contribution < -0.4 is 5.73 Å². The van der Waals surface area contributed by atoms with Crippen molar-refractivity contribution in [3.8, 4) is 0 Å². The predicted molar refractivity (Wildman–Crippen MR) is 51.4 cm³/mol. The maximum Gasteiger partial charge on any atom is 0.405 e. The van der Waals surface area contributed by atoms with Gasteiger partial charge in [-0.15, -0.1) is 0 Å². The van der Waals surface area contributed by atoms with E-state index in [0.717, 1.165) is 11.1 Å². The molecule has 1 unspecified atom stereocenters. The zero-order chi connectivity index (χ0) is 10.6. The normalized spacial score (nSPS) is 12.1. The van der Waals surface area contributed by atoms with Crippen LogP contribution in [0.4, 0.5) is 4.79 Å². The van der Waals surface area contributed by atoms with Crippen LogP contribution in [0.2, 0.25) is 0 Å². The van der Waals surface area contributed by atoms with E-state index < -0.39 is 6.09 Å². The lowest BCUT2D eigenvalue weighted by Gasteiger charge is -2.11. The van der Waals surface area contributed by atoms with Crippen LogP contribution in [0.1, 0.15) is 24.2 Å². The second kappa shape index (κ2) is 4.62. The van der Waals surface area contributed by atoms with Crippen LogP contribution in [0, 0.1) is 0 Å². The van der Waals surface area contributed by atoms with Gasteiger partial charge in [-0.25, -0.2) is 4.79 Å². The number of benzene rings is 1. The molecule has 0 spiro atoms. The highest BCUT2D eigenvalue weighted by atomic mass is 16.6. The summed E-state index contributed by atoms with van der Waals surface area (Å²) in [5.41, 5.74) is 6.55. The van der Waals surface area contributed by atoms with Crippen LogP contribution in [0.15, 0.2) is 24.3 Å². The van der Waals surface area contributed by atoms with Crippen molar-refractivity contribution in [3.05, 3.63) is 35.4 Å². The summed E-state index contributed by atoms with van der Waals surface area (Å²) in [6.45, 7) is 1.74. The zero-order valence-electron chi connectivity index (χ0n) is 7.93. The van der Waals surface area contributed by atoms with Gasteiger partial charge in [0.15, 0.2) is 0 Å². The van der Waals surface area contributed by atoms with E-state index in [1.165, 1.54) is 0 Å². The van der Waals surface area contributed by atoms with Gasteiger partial charge in [0.25, 0.3) is 0 Å². The van der Waals surface area contributed by atoms with E-state index in [9.17, 15) is 4.79 Å². The Bertz CT molecular complexity index is 308. The van der Waals surface area contributed by atoms with Gasteiger partial charge < -0.3 is 15.6 Å². The molecule has 0 saturated carbocycles. The van der Waals surface area contributed by atoms with Crippen molar-refractivity contribution in [2.24, 2.45) is 5.73 Å². The molecular formula is C10H13NO3. The minimum absolute atomic E-state index is 0.00530. The van der Waals surface area contributed by atoms with Crippen molar-refractivity contribution in [2.45, 2.75) is 19.6 Å². The molecule has 0 heterocycles. The Kier molecular flexibility index (Phi) is 3.48. The van der Waals surface area contributed by atoms with Crippen LogP contribution in [-0.2, 0) is 11.3 Å². The Hall–Kier alpha value is -1.55. The lowest BCUT2D eigenvalue weighted by molar-refractivity contribution is 0.116. The first-order chi connectivity index (χ1) is 6.63. The van der Waals surface area contributed by atoms with Gasteiger partial charge in [0.2, 0.25) is 0 Å². The van der Waals surface area contributed by atoms with Gasteiger partial charge in [-0.1, -0.05) is 24.3 Å². The molecule has 0 aliphatic rings. The number of rotatable bonds is 3. The van der Waals surface area contributed by atoms with Gasteiger partial charge in [-0.2, -0.15) is 0 Å². The Balaban J connectivity index is 2.71. The fourth-order valence-electron chi connectivity index (χ4n) is 1.14. The number of aliphatic hydroxyl groups is 1. The van der Waals surface area contributed by atoms with Crippen LogP contribution in [-0.4, -0.2) is 11.2 Å². The molecule has 0 radical (unpaired) electrons. The van der Waals surface area contributed by atoms with E-state index in [4.69, 9.17) is 15.6 Å². The quantitative estimate of drug-likeness (QED) is 0.764. The van der Waals surface area contributed by atoms with Gasteiger partial charge in [0.05, 0.1) is 6.61 Å². The average Bonchev–Trinajstić information content (AvgIpc) is 2.17. The summed E-state index contributed by atoms with van der Waals surface area (Å²) < 4.78 is 4.79. The molecule has 1 aromatic carbocycles. The largest absolute Gasteiger partial charge is 0.442 e. The minimum atomic E-state index is -0.788. The minimum Gasteiger partial charge on any atom is -0.442 e. The SMILES string of the molecule is CC(OC(N)=O)c1ccc(CO)cc1. The number of nitrogens with two attached hydrogens (primary N) is 1. The van der Waals surface area contributed by atoms with Crippen molar-refractivity contribution < 1.29 is 14.6 Å². The fraction of sp³-hybridized carbons (Fsp3) is 0.300. The first kappa shape index (κ1) is 10.5. The summed E-state index contributed by atoms with van der Waals surface area (Å²) in [4.78, 5) is 10.5. The molecule has 3 N–H and O–H groups in total. The van der Waals surface area contributed by atoms with Crippen molar-refractivity contribution in [1.29, 1.82) is 0 Å². The lowest BCUT2D eigenvalue weighted by Crippen LogP contribution is -2.15. The van der Waals surface area contributed by atoms with Crippen molar-refractivity contribution in [3.63, 3.8) is 0 Å². The third-order valence-corrected chi connectivity index (χ3v) is 1.92. The molecule has 1 aromatic rings. The summed E-state index contributed by atoms with van der Waals surface area (Å²) >= 11 is 0. The third-order valence-electron chi connectivity index (χ3n) is 1.92. The van der Waals surface area contributed by atoms with E-state index in [0.29, 0.717) is 0 Å². The van der Waals surface area contributed by atoms with E-state index in [1.54, 1.807) is 31.2 Å². The molecule has 14 heavy (non-hydrogen) atoms. The van der Waals surface area contributed by atoms with Crippen molar-refractivity contribution in [1.82, 2.24) is 0 Å². The molecule has 0 bridgehead atoms. The number of hydrogen-bond acceptors (Lipinski definition) is 3. The summed E-state index contributed by atoms with van der Waals surface area (Å²) in [5.74, 6) is 0. The van der Waals surface area contributed by atoms with Crippen LogP contribution in [0.25, 0.3) is 0 Å². The second-order valence-corrected chi connectivity index (χ2v) is 2.98. The topological polar surface area (TPSA) is 72.5 Å². The Morgan fingerprint density at radius 2 is 2.07 bits per heavy atom. The number of hydrogen-bond donors (Lipinski definition) is 2.